The molecule has 0 radical (unpaired) electrons. The number of carbonyl (C=O) groups is 3. The summed E-state index contributed by atoms with van der Waals surface area (Å²) in [6.07, 6.45) is -1.39. The summed E-state index contributed by atoms with van der Waals surface area (Å²) in [7, 11) is 1.55. The second-order valence-electron chi connectivity index (χ2n) is 8.48. The van der Waals surface area contributed by atoms with E-state index in [2.05, 4.69) is 0 Å². The molecule has 30 heavy (non-hydrogen) atoms. The second-order valence-corrected chi connectivity index (χ2v) is 8.48. The first kappa shape index (κ1) is 25.4. The van der Waals surface area contributed by atoms with E-state index in [0.29, 0.717) is 12.1 Å². The average molecular weight is 423 g/mol. The first-order valence-electron chi connectivity index (χ1n) is 10.0. The van der Waals surface area contributed by atoms with Crippen LogP contribution in [0.3, 0.4) is 0 Å². The number of nitrogens with zero attached hydrogens (tertiary/aromatic N) is 1. The minimum atomic E-state index is -1.02. The van der Waals surface area contributed by atoms with E-state index in [0.717, 1.165) is 5.56 Å². The standard InChI is InChI=1S/C22H34N2O6/c1-8-17(29-19(25)18(23)14(2)3)30-21(27)24(7)16-11-9-15(10-12-16)13-28-20(26)22(4,5)6/h9-12,14,17-18H,8,13,23H2,1-7H3/t17?,18-/m0/s1. The Hall–Kier alpha value is -2.61. The van der Waals surface area contributed by atoms with Crippen molar-refractivity contribution in [3.63, 3.8) is 0 Å². The zero-order chi connectivity index (χ0) is 23.1. The maximum atomic E-state index is 12.4. The van der Waals surface area contributed by atoms with Crippen molar-refractivity contribution in [2.45, 2.75) is 66.9 Å². The van der Waals surface area contributed by atoms with Gasteiger partial charge in [-0.1, -0.05) is 32.9 Å². The molecular weight excluding hydrogens is 388 g/mol. The molecule has 1 aromatic carbocycles. The van der Waals surface area contributed by atoms with Gasteiger partial charge in [-0.05, 0) is 44.4 Å². The fourth-order valence-electron chi connectivity index (χ4n) is 2.15. The molecule has 0 spiro atoms. The van der Waals surface area contributed by atoms with Crippen LogP contribution in [0.15, 0.2) is 24.3 Å². The number of rotatable bonds is 8. The molecular formula is C22H34N2O6. The number of benzene rings is 1. The van der Waals surface area contributed by atoms with Gasteiger partial charge in [0.2, 0.25) is 6.29 Å². The quantitative estimate of drug-likeness (QED) is 0.503. The van der Waals surface area contributed by atoms with E-state index in [9.17, 15) is 14.4 Å². The minimum absolute atomic E-state index is 0.0884. The molecule has 168 valence electrons. The van der Waals surface area contributed by atoms with Crippen molar-refractivity contribution in [2.24, 2.45) is 17.1 Å². The maximum absolute atomic E-state index is 12.4. The molecule has 1 rings (SSSR count). The summed E-state index contributed by atoms with van der Waals surface area (Å²) >= 11 is 0. The molecule has 1 unspecified atom stereocenters. The third-order valence-corrected chi connectivity index (χ3v) is 4.38. The van der Waals surface area contributed by atoms with E-state index < -0.39 is 29.8 Å². The Balaban J connectivity index is 2.66. The van der Waals surface area contributed by atoms with Gasteiger partial charge in [-0.3, -0.25) is 14.5 Å². The summed E-state index contributed by atoms with van der Waals surface area (Å²) < 4.78 is 15.8. The number of ether oxygens (including phenoxy) is 3. The fourth-order valence-corrected chi connectivity index (χ4v) is 2.15. The van der Waals surface area contributed by atoms with Crippen LogP contribution in [0, 0.1) is 11.3 Å². The molecule has 2 atom stereocenters. The highest BCUT2D eigenvalue weighted by atomic mass is 16.7. The van der Waals surface area contributed by atoms with Crippen LogP contribution in [0.5, 0.6) is 0 Å². The SMILES string of the molecule is CCC(OC(=O)[C@@H](N)C(C)C)OC(=O)N(C)c1ccc(COC(=O)C(C)(C)C)cc1. The highest BCUT2D eigenvalue weighted by molar-refractivity contribution is 5.87. The molecule has 0 aliphatic carbocycles. The molecule has 8 heteroatoms. The summed E-state index contributed by atoms with van der Waals surface area (Å²) in [4.78, 5) is 37.6. The zero-order valence-corrected chi connectivity index (χ0v) is 18.9. The third kappa shape index (κ3) is 7.67. The van der Waals surface area contributed by atoms with Gasteiger partial charge in [-0.25, -0.2) is 4.79 Å². The van der Waals surface area contributed by atoms with Gasteiger partial charge in [0.1, 0.15) is 12.6 Å². The second kappa shape index (κ2) is 11.0. The van der Waals surface area contributed by atoms with Gasteiger partial charge in [-0.2, -0.15) is 0 Å². The van der Waals surface area contributed by atoms with Gasteiger partial charge in [0.15, 0.2) is 0 Å². The topological polar surface area (TPSA) is 108 Å². The Labute approximate surface area is 178 Å². The summed E-state index contributed by atoms with van der Waals surface area (Å²) in [6, 6.07) is 6.16. The maximum Gasteiger partial charge on any atom is 0.417 e. The van der Waals surface area contributed by atoms with Gasteiger partial charge in [0, 0.05) is 19.2 Å². The number of anilines is 1. The number of hydrogen-bond donors (Lipinski definition) is 1. The van der Waals surface area contributed by atoms with Crippen molar-refractivity contribution in [1.29, 1.82) is 0 Å². The van der Waals surface area contributed by atoms with Crippen molar-refractivity contribution >= 4 is 23.7 Å². The molecule has 2 N–H and O–H groups in total. The van der Waals surface area contributed by atoms with Gasteiger partial charge >= 0.3 is 18.0 Å². The normalized spacial score (nSPS) is 13.4. The summed E-state index contributed by atoms with van der Waals surface area (Å²) in [5.41, 5.74) is 6.57. The van der Waals surface area contributed by atoms with E-state index in [1.54, 1.807) is 72.9 Å². The number of hydrogen-bond acceptors (Lipinski definition) is 7. The Morgan fingerprint density at radius 1 is 1.07 bits per heavy atom. The Morgan fingerprint density at radius 3 is 2.10 bits per heavy atom. The van der Waals surface area contributed by atoms with E-state index in [-0.39, 0.29) is 18.5 Å². The monoisotopic (exact) mass is 422 g/mol. The molecule has 1 amide bonds. The number of amides is 1. The lowest BCUT2D eigenvalue weighted by Crippen LogP contribution is -2.41. The van der Waals surface area contributed by atoms with E-state index >= 15 is 0 Å². The Morgan fingerprint density at radius 2 is 1.63 bits per heavy atom. The zero-order valence-electron chi connectivity index (χ0n) is 18.9. The summed E-state index contributed by atoms with van der Waals surface area (Å²) in [6.45, 7) is 10.9. The first-order chi connectivity index (χ1) is 13.9. The Kier molecular flexibility index (Phi) is 9.29. The van der Waals surface area contributed by atoms with Gasteiger partial charge in [0.25, 0.3) is 0 Å². The van der Waals surface area contributed by atoms with Crippen molar-refractivity contribution in [2.75, 3.05) is 11.9 Å². The van der Waals surface area contributed by atoms with Crippen molar-refractivity contribution in [1.82, 2.24) is 0 Å². The van der Waals surface area contributed by atoms with Crippen molar-refractivity contribution in [3.8, 4) is 0 Å². The van der Waals surface area contributed by atoms with Crippen LogP contribution in [0.2, 0.25) is 0 Å². The average Bonchev–Trinajstić information content (AvgIpc) is 2.69. The van der Waals surface area contributed by atoms with E-state index in [1.165, 1.54) is 4.90 Å². The van der Waals surface area contributed by atoms with Gasteiger partial charge in [0.05, 0.1) is 5.41 Å². The third-order valence-electron chi connectivity index (χ3n) is 4.38. The summed E-state index contributed by atoms with van der Waals surface area (Å²) in [5, 5.41) is 0. The number of nitrogens with two attached hydrogens (primary N) is 1. The molecule has 0 saturated heterocycles. The van der Waals surface area contributed by atoms with Crippen LogP contribution in [-0.2, 0) is 30.4 Å². The summed E-state index contributed by atoms with van der Waals surface area (Å²) in [5.74, 6) is -0.986. The van der Waals surface area contributed by atoms with Crippen LogP contribution in [0.25, 0.3) is 0 Å². The molecule has 0 bridgehead atoms. The molecule has 1 aromatic rings. The highest BCUT2D eigenvalue weighted by Crippen LogP contribution is 2.19. The number of carbonyl (C=O) groups excluding carboxylic acids is 3. The largest absolute Gasteiger partial charge is 0.460 e. The lowest BCUT2D eigenvalue weighted by Gasteiger charge is -2.23. The van der Waals surface area contributed by atoms with Gasteiger partial charge < -0.3 is 19.9 Å². The van der Waals surface area contributed by atoms with Crippen molar-refractivity contribution in [3.05, 3.63) is 29.8 Å². The van der Waals surface area contributed by atoms with Crippen molar-refractivity contribution < 1.29 is 28.6 Å². The molecule has 8 nitrogen and oxygen atoms in total. The predicted molar refractivity (Wildman–Crippen MR) is 114 cm³/mol. The molecule has 0 aliphatic rings. The predicted octanol–water partition coefficient (Wildman–Crippen LogP) is 3.61. The van der Waals surface area contributed by atoms with E-state index in [1.807, 2.05) is 0 Å². The molecule has 0 aromatic heterocycles. The molecule has 0 aliphatic heterocycles. The molecule has 0 fully saturated rings. The highest BCUT2D eigenvalue weighted by Gasteiger charge is 2.26. The number of esters is 2. The van der Waals surface area contributed by atoms with Gasteiger partial charge in [-0.15, -0.1) is 0 Å². The minimum Gasteiger partial charge on any atom is -0.460 e. The molecule has 0 heterocycles. The lowest BCUT2D eigenvalue weighted by atomic mass is 9.97. The Bertz CT molecular complexity index is 724. The van der Waals surface area contributed by atoms with Crippen LogP contribution >= 0.6 is 0 Å². The van der Waals surface area contributed by atoms with Crippen LogP contribution in [0.1, 0.15) is 53.5 Å². The smallest absolute Gasteiger partial charge is 0.417 e. The fraction of sp³-hybridized carbons (Fsp3) is 0.591. The lowest BCUT2D eigenvalue weighted by molar-refractivity contribution is -0.170. The first-order valence-corrected chi connectivity index (χ1v) is 10.0. The van der Waals surface area contributed by atoms with Crippen LogP contribution in [0.4, 0.5) is 10.5 Å². The van der Waals surface area contributed by atoms with E-state index in [4.69, 9.17) is 19.9 Å². The van der Waals surface area contributed by atoms with Crippen LogP contribution < -0.4 is 10.6 Å². The van der Waals surface area contributed by atoms with Crippen LogP contribution in [-0.4, -0.2) is 37.4 Å². The molecule has 0 saturated carbocycles.